The third-order valence-corrected chi connectivity index (χ3v) is 3.92. The monoisotopic (exact) mass is 238 g/mol. The average Bonchev–Trinajstić information content (AvgIpc) is 2.13. The van der Waals surface area contributed by atoms with Crippen LogP contribution in [0.5, 0.6) is 0 Å². The molecule has 1 aromatic carbocycles. The van der Waals surface area contributed by atoms with Crippen LogP contribution >= 0.6 is 0 Å². The molecule has 0 N–H and O–H groups in total. The standard InChI is InChI=1S/C13H22O2Si/c1-13(2,3)15-16(4,5)14-11-12-9-7-6-8-10-12/h6-10H,11H2,1-5H3. The van der Waals surface area contributed by atoms with E-state index in [-0.39, 0.29) is 5.60 Å². The SMILES string of the molecule is CC(C)(C)O[Si](C)(C)OCc1ccccc1. The van der Waals surface area contributed by atoms with Crippen molar-refractivity contribution in [3.05, 3.63) is 35.9 Å². The quantitative estimate of drug-likeness (QED) is 0.744. The molecule has 0 radical (unpaired) electrons. The highest BCUT2D eigenvalue weighted by molar-refractivity contribution is 6.64. The van der Waals surface area contributed by atoms with Crippen LogP contribution in [0.3, 0.4) is 0 Å². The minimum absolute atomic E-state index is 0.133. The van der Waals surface area contributed by atoms with E-state index in [2.05, 4.69) is 46.0 Å². The maximum Gasteiger partial charge on any atom is 0.332 e. The minimum Gasteiger partial charge on any atom is -0.390 e. The van der Waals surface area contributed by atoms with Gasteiger partial charge in [-0.1, -0.05) is 30.3 Å². The summed E-state index contributed by atoms with van der Waals surface area (Å²) in [6.07, 6.45) is 0. The van der Waals surface area contributed by atoms with Gasteiger partial charge in [0.2, 0.25) is 0 Å². The van der Waals surface area contributed by atoms with E-state index in [1.807, 2.05) is 18.2 Å². The van der Waals surface area contributed by atoms with Crippen LogP contribution in [0.15, 0.2) is 30.3 Å². The van der Waals surface area contributed by atoms with Crippen molar-refractivity contribution in [3.63, 3.8) is 0 Å². The van der Waals surface area contributed by atoms with Gasteiger partial charge in [-0.2, -0.15) is 0 Å². The Bertz CT molecular complexity index is 314. The van der Waals surface area contributed by atoms with Crippen molar-refractivity contribution >= 4 is 8.56 Å². The smallest absolute Gasteiger partial charge is 0.332 e. The van der Waals surface area contributed by atoms with E-state index in [1.54, 1.807) is 0 Å². The molecule has 0 bridgehead atoms. The fourth-order valence-electron chi connectivity index (χ4n) is 1.60. The zero-order valence-electron chi connectivity index (χ0n) is 10.9. The van der Waals surface area contributed by atoms with Gasteiger partial charge in [-0.15, -0.1) is 0 Å². The Morgan fingerprint density at radius 2 is 1.62 bits per heavy atom. The summed E-state index contributed by atoms with van der Waals surface area (Å²) in [6, 6.07) is 10.2. The molecule has 90 valence electrons. The molecule has 16 heavy (non-hydrogen) atoms. The highest BCUT2D eigenvalue weighted by Crippen LogP contribution is 2.19. The van der Waals surface area contributed by atoms with E-state index >= 15 is 0 Å². The van der Waals surface area contributed by atoms with Gasteiger partial charge in [0.15, 0.2) is 0 Å². The molecule has 0 fully saturated rings. The van der Waals surface area contributed by atoms with Crippen LogP contribution in [0.1, 0.15) is 26.3 Å². The Hall–Kier alpha value is -0.643. The maximum absolute atomic E-state index is 5.96. The van der Waals surface area contributed by atoms with Crippen molar-refractivity contribution in [2.24, 2.45) is 0 Å². The van der Waals surface area contributed by atoms with Gasteiger partial charge in [-0.05, 0) is 39.4 Å². The predicted octanol–water partition coefficient (Wildman–Crippen LogP) is 3.72. The molecule has 1 rings (SSSR count). The third kappa shape index (κ3) is 5.44. The first kappa shape index (κ1) is 13.4. The average molecular weight is 238 g/mol. The van der Waals surface area contributed by atoms with Gasteiger partial charge in [-0.25, -0.2) is 0 Å². The largest absolute Gasteiger partial charge is 0.390 e. The lowest BCUT2D eigenvalue weighted by Crippen LogP contribution is -2.41. The van der Waals surface area contributed by atoms with Crippen LogP contribution in [-0.2, 0) is 15.5 Å². The molecule has 2 nitrogen and oxygen atoms in total. The van der Waals surface area contributed by atoms with Crippen LogP contribution in [0.25, 0.3) is 0 Å². The number of rotatable bonds is 4. The summed E-state index contributed by atoms with van der Waals surface area (Å²) in [5, 5.41) is 0. The minimum atomic E-state index is -2.02. The number of hydrogen-bond acceptors (Lipinski definition) is 2. The Morgan fingerprint density at radius 3 is 2.12 bits per heavy atom. The van der Waals surface area contributed by atoms with Crippen LogP contribution in [0, 0.1) is 0 Å². The van der Waals surface area contributed by atoms with Gasteiger partial charge < -0.3 is 8.85 Å². The van der Waals surface area contributed by atoms with Gasteiger partial charge in [0.1, 0.15) is 0 Å². The summed E-state index contributed by atoms with van der Waals surface area (Å²) in [4.78, 5) is 0. The highest BCUT2D eigenvalue weighted by atomic mass is 28.4. The third-order valence-electron chi connectivity index (χ3n) is 1.98. The van der Waals surface area contributed by atoms with Crippen LogP contribution in [-0.4, -0.2) is 14.2 Å². The second kappa shape index (κ2) is 5.12. The van der Waals surface area contributed by atoms with Gasteiger partial charge in [-0.3, -0.25) is 0 Å². The molecule has 0 aliphatic rings. The molecule has 0 aromatic heterocycles. The Morgan fingerprint density at radius 1 is 1.06 bits per heavy atom. The van der Waals surface area contributed by atoms with Crippen molar-refractivity contribution < 1.29 is 8.85 Å². The molecular formula is C13H22O2Si. The van der Waals surface area contributed by atoms with Crippen LogP contribution in [0.4, 0.5) is 0 Å². The van der Waals surface area contributed by atoms with Gasteiger partial charge in [0.05, 0.1) is 12.2 Å². The Balaban J connectivity index is 2.48. The molecule has 0 atom stereocenters. The molecule has 3 heteroatoms. The first-order chi connectivity index (χ1) is 7.29. The van der Waals surface area contributed by atoms with Gasteiger partial charge >= 0.3 is 8.56 Å². The molecule has 0 aliphatic carbocycles. The predicted molar refractivity (Wildman–Crippen MR) is 69.6 cm³/mol. The van der Waals surface area contributed by atoms with E-state index < -0.39 is 8.56 Å². The summed E-state index contributed by atoms with van der Waals surface area (Å²) in [6.45, 7) is 11.0. The lowest BCUT2D eigenvalue weighted by molar-refractivity contribution is 0.0662. The number of hydrogen-bond donors (Lipinski definition) is 0. The van der Waals surface area contributed by atoms with Crippen LogP contribution < -0.4 is 0 Å². The van der Waals surface area contributed by atoms with E-state index in [4.69, 9.17) is 8.85 Å². The van der Waals surface area contributed by atoms with Crippen molar-refractivity contribution in [3.8, 4) is 0 Å². The van der Waals surface area contributed by atoms with Crippen molar-refractivity contribution in [1.29, 1.82) is 0 Å². The Labute approximate surface area is 99.8 Å². The molecular weight excluding hydrogens is 216 g/mol. The van der Waals surface area contributed by atoms with E-state index in [0.29, 0.717) is 6.61 Å². The summed E-state index contributed by atoms with van der Waals surface area (Å²) in [7, 11) is -2.02. The molecule has 1 aromatic rings. The summed E-state index contributed by atoms with van der Waals surface area (Å²) in [5.74, 6) is 0. The van der Waals surface area contributed by atoms with E-state index in [1.165, 1.54) is 5.56 Å². The lowest BCUT2D eigenvalue weighted by atomic mass is 10.2. The molecule has 0 spiro atoms. The normalized spacial score (nSPS) is 12.8. The van der Waals surface area contributed by atoms with E-state index in [9.17, 15) is 0 Å². The van der Waals surface area contributed by atoms with E-state index in [0.717, 1.165) is 0 Å². The second-order valence-corrected chi connectivity index (χ2v) is 8.68. The molecule has 0 saturated carbocycles. The van der Waals surface area contributed by atoms with Crippen molar-refractivity contribution in [2.75, 3.05) is 0 Å². The molecule has 0 saturated heterocycles. The molecule has 0 amide bonds. The summed E-state index contributed by atoms with van der Waals surface area (Å²) in [5.41, 5.74) is 1.06. The van der Waals surface area contributed by atoms with Gasteiger partial charge in [0, 0.05) is 0 Å². The maximum atomic E-state index is 5.96. The zero-order chi connectivity index (χ0) is 12.2. The fourth-order valence-corrected chi connectivity index (χ4v) is 3.65. The Kier molecular flexibility index (Phi) is 4.30. The zero-order valence-corrected chi connectivity index (χ0v) is 11.9. The fraction of sp³-hybridized carbons (Fsp3) is 0.538. The van der Waals surface area contributed by atoms with Crippen molar-refractivity contribution in [2.45, 2.75) is 46.1 Å². The topological polar surface area (TPSA) is 18.5 Å². The molecule has 0 aliphatic heterocycles. The van der Waals surface area contributed by atoms with Gasteiger partial charge in [0.25, 0.3) is 0 Å². The lowest BCUT2D eigenvalue weighted by Gasteiger charge is -2.31. The molecule has 0 heterocycles. The summed E-state index contributed by atoms with van der Waals surface area (Å²) < 4.78 is 11.9. The van der Waals surface area contributed by atoms with Crippen LogP contribution in [0.2, 0.25) is 13.1 Å². The second-order valence-electron chi connectivity index (χ2n) is 5.39. The first-order valence-electron chi connectivity index (χ1n) is 5.67. The highest BCUT2D eigenvalue weighted by Gasteiger charge is 2.30. The number of benzene rings is 1. The molecule has 0 unspecified atom stereocenters. The van der Waals surface area contributed by atoms with Crippen molar-refractivity contribution in [1.82, 2.24) is 0 Å². The first-order valence-corrected chi connectivity index (χ1v) is 8.48. The summed E-state index contributed by atoms with van der Waals surface area (Å²) >= 11 is 0.